The van der Waals surface area contributed by atoms with Gasteiger partial charge in [0.2, 0.25) is 0 Å². The second kappa shape index (κ2) is 4.15. The van der Waals surface area contributed by atoms with Crippen LogP contribution in [0, 0.1) is 0 Å². The van der Waals surface area contributed by atoms with Gasteiger partial charge in [-0.1, -0.05) is 0 Å². The average molecular weight is 187 g/mol. The molecular formula is C5H8F3NO3. The third kappa shape index (κ3) is 4.78. The molecule has 1 atom stereocenters. The molecule has 3 N–H and O–H groups in total. The highest BCUT2D eigenvalue weighted by molar-refractivity contribution is 5.64. The molecule has 0 aromatic rings. The number of carbonyl (C=O) groups is 1. The van der Waals surface area contributed by atoms with Gasteiger partial charge in [-0.25, -0.2) is 4.79 Å². The number of halogens is 3. The molecule has 0 spiro atoms. The fraction of sp³-hybridized carbons (Fsp3) is 0.800. The van der Waals surface area contributed by atoms with E-state index in [1.54, 1.807) is 0 Å². The number of primary amides is 1. The summed E-state index contributed by atoms with van der Waals surface area (Å²) < 4.78 is 38.6. The fourth-order valence-corrected chi connectivity index (χ4v) is 0.435. The van der Waals surface area contributed by atoms with Crippen molar-refractivity contribution < 1.29 is 27.8 Å². The summed E-state index contributed by atoms with van der Waals surface area (Å²) in [6.07, 6.45) is -9.02. The molecule has 1 amide bonds. The van der Waals surface area contributed by atoms with Gasteiger partial charge in [0, 0.05) is 6.42 Å². The number of carbonyl (C=O) groups excluding carboxylic acids is 1. The number of ether oxygens (including phenoxy) is 1. The second-order valence-corrected chi connectivity index (χ2v) is 2.01. The van der Waals surface area contributed by atoms with Gasteiger partial charge in [-0.15, -0.1) is 0 Å². The van der Waals surface area contributed by atoms with Gasteiger partial charge < -0.3 is 15.6 Å². The molecule has 72 valence electrons. The fourth-order valence-electron chi connectivity index (χ4n) is 0.435. The first-order valence-corrected chi connectivity index (χ1v) is 3.01. The predicted octanol–water partition coefficient (Wildman–Crippen LogP) is 0.395. The van der Waals surface area contributed by atoms with E-state index < -0.39 is 31.4 Å². The first-order valence-electron chi connectivity index (χ1n) is 3.01. The highest BCUT2D eigenvalue weighted by Gasteiger charge is 2.37. The van der Waals surface area contributed by atoms with E-state index in [2.05, 4.69) is 10.5 Å². The Morgan fingerprint density at radius 2 is 2.08 bits per heavy atom. The van der Waals surface area contributed by atoms with E-state index in [4.69, 9.17) is 5.11 Å². The summed E-state index contributed by atoms with van der Waals surface area (Å²) in [6, 6.07) is 0. The lowest BCUT2D eigenvalue weighted by atomic mass is 10.2. The van der Waals surface area contributed by atoms with Crippen molar-refractivity contribution in [1.82, 2.24) is 0 Å². The third-order valence-corrected chi connectivity index (χ3v) is 1.01. The number of rotatable bonds is 3. The monoisotopic (exact) mass is 187 g/mol. The molecule has 4 nitrogen and oxygen atoms in total. The summed E-state index contributed by atoms with van der Waals surface area (Å²) in [5, 5.41) is 8.34. The molecule has 12 heavy (non-hydrogen) atoms. The number of hydrogen-bond donors (Lipinski definition) is 2. The second-order valence-electron chi connectivity index (χ2n) is 2.01. The molecule has 0 saturated heterocycles. The summed E-state index contributed by atoms with van der Waals surface area (Å²) in [6.45, 7) is -0.546. The molecule has 0 radical (unpaired) electrons. The average Bonchev–Trinajstić information content (AvgIpc) is 1.84. The van der Waals surface area contributed by atoms with Crippen molar-refractivity contribution in [3.05, 3.63) is 0 Å². The molecule has 0 aromatic heterocycles. The maximum absolute atomic E-state index is 11.6. The molecule has 0 heterocycles. The highest BCUT2D eigenvalue weighted by Crippen LogP contribution is 2.21. The number of aliphatic hydroxyl groups is 1. The van der Waals surface area contributed by atoms with Crippen LogP contribution in [0.25, 0.3) is 0 Å². The minimum absolute atomic E-state index is 0.546. The maximum atomic E-state index is 11.6. The van der Waals surface area contributed by atoms with Crippen LogP contribution in [0.15, 0.2) is 0 Å². The van der Waals surface area contributed by atoms with Crippen molar-refractivity contribution in [2.24, 2.45) is 5.73 Å². The molecule has 1 unspecified atom stereocenters. The Morgan fingerprint density at radius 1 is 1.58 bits per heavy atom. The Morgan fingerprint density at radius 3 is 2.42 bits per heavy atom. The number of nitrogens with two attached hydrogens (primary N) is 1. The quantitative estimate of drug-likeness (QED) is 0.671. The molecule has 0 fully saturated rings. The maximum Gasteiger partial charge on any atom is 0.414 e. The largest absolute Gasteiger partial charge is 0.450 e. The zero-order valence-electron chi connectivity index (χ0n) is 5.97. The Balaban J connectivity index is 3.58. The van der Waals surface area contributed by atoms with Crippen molar-refractivity contribution in [2.45, 2.75) is 18.7 Å². The van der Waals surface area contributed by atoms with Gasteiger partial charge in [-0.05, 0) is 0 Å². The number of alkyl halides is 3. The van der Waals surface area contributed by atoms with Gasteiger partial charge in [-0.2, -0.15) is 13.2 Å². The molecule has 0 saturated carbocycles. The number of hydrogen-bond acceptors (Lipinski definition) is 3. The lowest BCUT2D eigenvalue weighted by molar-refractivity contribution is -0.207. The van der Waals surface area contributed by atoms with Gasteiger partial charge in [0.1, 0.15) is 0 Å². The van der Waals surface area contributed by atoms with Gasteiger partial charge >= 0.3 is 12.3 Å². The molecule has 0 bridgehead atoms. The van der Waals surface area contributed by atoms with Crippen LogP contribution < -0.4 is 5.73 Å². The van der Waals surface area contributed by atoms with Crippen LogP contribution in [0.5, 0.6) is 0 Å². The van der Waals surface area contributed by atoms with Gasteiger partial charge in [0.05, 0.1) is 6.61 Å². The Hall–Kier alpha value is -0.980. The van der Waals surface area contributed by atoms with Crippen LogP contribution in [-0.2, 0) is 4.74 Å². The smallest absolute Gasteiger partial charge is 0.414 e. The zero-order chi connectivity index (χ0) is 9.78. The standard InChI is InChI=1S/C5H8F3NO3/c6-5(7,8)3(10)1-2-12-4(9)11/h3,10H,1-2H2,(H2,9,11). The lowest BCUT2D eigenvalue weighted by Crippen LogP contribution is -2.30. The van der Waals surface area contributed by atoms with Crippen LogP contribution in [-0.4, -0.2) is 30.1 Å². The SMILES string of the molecule is NC(=O)OCCC(O)C(F)(F)F. The molecule has 0 aliphatic carbocycles. The van der Waals surface area contributed by atoms with Crippen molar-refractivity contribution >= 4 is 6.09 Å². The first-order chi connectivity index (χ1) is 5.34. The number of aliphatic hydroxyl groups excluding tert-OH is 1. The topological polar surface area (TPSA) is 72.6 Å². The Labute approximate surface area is 66.1 Å². The minimum Gasteiger partial charge on any atom is -0.450 e. The van der Waals surface area contributed by atoms with E-state index in [0.717, 1.165) is 0 Å². The molecule has 7 heteroatoms. The van der Waals surface area contributed by atoms with Crippen LogP contribution in [0.1, 0.15) is 6.42 Å². The molecular weight excluding hydrogens is 179 g/mol. The molecule has 0 aromatic carbocycles. The van der Waals surface area contributed by atoms with Crippen molar-refractivity contribution in [3.8, 4) is 0 Å². The van der Waals surface area contributed by atoms with Crippen molar-refractivity contribution in [1.29, 1.82) is 0 Å². The molecule has 0 aliphatic rings. The van der Waals surface area contributed by atoms with E-state index >= 15 is 0 Å². The Kier molecular flexibility index (Phi) is 3.81. The van der Waals surface area contributed by atoms with E-state index in [9.17, 15) is 18.0 Å². The van der Waals surface area contributed by atoms with Crippen LogP contribution >= 0.6 is 0 Å². The number of amides is 1. The predicted molar refractivity (Wildman–Crippen MR) is 32.2 cm³/mol. The lowest BCUT2D eigenvalue weighted by Gasteiger charge is -2.13. The third-order valence-electron chi connectivity index (χ3n) is 1.01. The molecule has 0 aliphatic heterocycles. The van der Waals surface area contributed by atoms with Crippen LogP contribution in [0.3, 0.4) is 0 Å². The highest BCUT2D eigenvalue weighted by atomic mass is 19.4. The van der Waals surface area contributed by atoms with E-state index in [0.29, 0.717) is 0 Å². The van der Waals surface area contributed by atoms with E-state index in [1.807, 2.05) is 0 Å². The van der Waals surface area contributed by atoms with E-state index in [1.165, 1.54) is 0 Å². The van der Waals surface area contributed by atoms with Crippen molar-refractivity contribution in [2.75, 3.05) is 6.61 Å². The van der Waals surface area contributed by atoms with Gasteiger partial charge in [0.25, 0.3) is 0 Å². The Bertz CT molecular complexity index is 159. The summed E-state index contributed by atoms with van der Waals surface area (Å²) >= 11 is 0. The summed E-state index contributed by atoms with van der Waals surface area (Å²) in [5.74, 6) is 0. The normalized spacial score (nSPS) is 14.0. The van der Waals surface area contributed by atoms with E-state index in [-0.39, 0.29) is 0 Å². The van der Waals surface area contributed by atoms with Gasteiger partial charge in [-0.3, -0.25) is 0 Å². The zero-order valence-corrected chi connectivity index (χ0v) is 5.97. The summed E-state index contributed by atoms with van der Waals surface area (Å²) in [4.78, 5) is 9.87. The summed E-state index contributed by atoms with van der Waals surface area (Å²) in [5.41, 5.74) is 4.46. The van der Waals surface area contributed by atoms with Crippen molar-refractivity contribution in [3.63, 3.8) is 0 Å². The summed E-state index contributed by atoms with van der Waals surface area (Å²) in [7, 11) is 0. The minimum atomic E-state index is -4.68. The van der Waals surface area contributed by atoms with Crippen LogP contribution in [0.4, 0.5) is 18.0 Å². The van der Waals surface area contributed by atoms with Gasteiger partial charge in [0.15, 0.2) is 6.10 Å². The molecule has 0 rings (SSSR count). The van der Waals surface area contributed by atoms with Crippen LogP contribution in [0.2, 0.25) is 0 Å². The first kappa shape index (κ1) is 11.0.